The van der Waals surface area contributed by atoms with E-state index in [0.717, 1.165) is 77.0 Å². The number of carbonyl (C=O) groups is 1. The van der Waals surface area contributed by atoms with Gasteiger partial charge in [0.2, 0.25) is 5.91 Å². The lowest BCUT2D eigenvalue weighted by Crippen LogP contribution is -2.46. The number of nitrogens with one attached hydrogen (secondary N) is 1. The highest BCUT2D eigenvalue weighted by Gasteiger charge is 2.24. The van der Waals surface area contributed by atoms with E-state index in [1.807, 2.05) is 21.1 Å². The number of likely N-dealkylation sites (N-methyl/N-ethyl adjacent to an activating group) is 1. The second-order valence-corrected chi connectivity index (χ2v) is 19.9. The molecule has 0 aliphatic rings. The minimum atomic E-state index is -4.56. The lowest BCUT2D eigenvalue weighted by atomic mass is 10.0. The molecular weight excluding hydrogens is 804 g/mol. The Morgan fingerprint density at radius 1 is 0.571 bits per heavy atom. The van der Waals surface area contributed by atoms with Crippen molar-refractivity contribution < 1.29 is 32.9 Å². The van der Waals surface area contributed by atoms with Crippen molar-refractivity contribution in [3.05, 3.63) is 72.9 Å². The van der Waals surface area contributed by atoms with Crippen LogP contribution in [0.2, 0.25) is 0 Å². The molecule has 0 aromatic rings. The van der Waals surface area contributed by atoms with Crippen LogP contribution in [0.15, 0.2) is 72.9 Å². The van der Waals surface area contributed by atoms with Crippen LogP contribution in [0.4, 0.5) is 0 Å². The van der Waals surface area contributed by atoms with Gasteiger partial charge >= 0.3 is 0 Å². The van der Waals surface area contributed by atoms with E-state index in [2.05, 4.69) is 92.1 Å². The van der Waals surface area contributed by atoms with Gasteiger partial charge in [-0.1, -0.05) is 215 Å². The first-order chi connectivity index (χ1) is 30.5. The summed E-state index contributed by atoms with van der Waals surface area (Å²) in [5.74, 6) is -0.171. The number of hydrogen-bond acceptors (Lipinski definition) is 6. The Balaban J connectivity index is 3.97. The summed E-state index contributed by atoms with van der Waals surface area (Å²) in [5, 5.41) is 13.8. The minimum absolute atomic E-state index is 0.00977. The number of aliphatic hydroxyl groups excluding tert-OH is 1. The monoisotopic (exact) mass is 903 g/mol. The van der Waals surface area contributed by atoms with Crippen LogP contribution >= 0.6 is 7.82 Å². The van der Waals surface area contributed by atoms with Crippen LogP contribution in [-0.2, 0) is 18.4 Å². The van der Waals surface area contributed by atoms with Crippen LogP contribution < -0.4 is 10.2 Å². The highest BCUT2D eigenvalue weighted by Crippen LogP contribution is 2.38. The Morgan fingerprint density at radius 2 is 0.968 bits per heavy atom. The summed E-state index contributed by atoms with van der Waals surface area (Å²) in [6.07, 6.45) is 60.9. The van der Waals surface area contributed by atoms with Gasteiger partial charge in [-0.15, -0.1) is 0 Å². The summed E-state index contributed by atoms with van der Waals surface area (Å²) in [6.45, 7) is 4.56. The Hall–Kier alpha value is -2.06. The summed E-state index contributed by atoms with van der Waals surface area (Å²) in [5.41, 5.74) is 0. The number of quaternary nitrogens is 1. The van der Waals surface area contributed by atoms with Crippen molar-refractivity contribution in [2.75, 3.05) is 40.9 Å². The van der Waals surface area contributed by atoms with Crippen molar-refractivity contribution in [1.29, 1.82) is 0 Å². The summed E-state index contributed by atoms with van der Waals surface area (Å²) < 4.78 is 23.2. The van der Waals surface area contributed by atoms with E-state index in [1.165, 1.54) is 109 Å². The third kappa shape index (κ3) is 47.7. The number of phosphoric ester groups is 1. The number of hydrogen-bond donors (Lipinski definition) is 2. The zero-order valence-corrected chi connectivity index (χ0v) is 42.4. The highest BCUT2D eigenvalue weighted by molar-refractivity contribution is 7.45. The molecule has 0 aliphatic heterocycles. The maximum atomic E-state index is 12.9. The lowest BCUT2D eigenvalue weighted by Gasteiger charge is -2.30. The standard InChI is InChI=1S/C54H99N2O6P/c1-6-8-10-12-14-16-17-18-19-20-21-22-23-24-25-26-27-28-29-30-31-32-33-34-35-36-37-38-39-40-42-44-46-48-54(58)55-52(51-62-63(59,60)61-50-49-56(3,4)5)53(57)47-45-43-41-15-13-11-9-7-2/h8,10,14,16,18-19,21-22,24-25,27-28,52-53,57H,6-7,9,11-13,15,17,20,23,26,29-51H2,1-5H3,(H-,55,58,59,60)/b10-8-,16-14-,19-18-,22-21-,25-24-,28-27-. The van der Waals surface area contributed by atoms with Gasteiger partial charge in [0.1, 0.15) is 13.2 Å². The fourth-order valence-electron chi connectivity index (χ4n) is 7.16. The van der Waals surface area contributed by atoms with E-state index < -0.39 is 20.0 Å². The Bertz CT molecular complexity index is 1250. The normalized spacial score (nSPS) is 14.7. The number of amides is 1. The fourth-order valence-corrected chi connectivity index (χ4v) is 7.88. The second-order valence-electron chi connectivity index (χ2n) is 18.5. The Labute approximate surface area is 389 Å². The van der Waals surface area contributed by atoms with Gasteiger partial charge in [0, 0.05) is 6.42 Å². The first-order valence-electron chi connectivity index (χ1n) is 25.8. The van der Waals surface area contributed by atoms with Crippen molar-refractivity contribution in [3.8, 4) is 0 Å². The third-order valence-electron chi connectivity index (χ3n) is 11.2. The maximum absolute atomic E-state index is 12.9. The molecule has 0 saturated heterocycles. The molecular formula is C54H99N2O6P. The predicted octanol–water partition coefficient (Wildman–Crippen LogP) is 14.5. The number of phosphoric acid groups is 1. The van der Waals surface area contributed by atoms with Crippen molar-refractivity contribution in [2.24, 2.45) is 0 Å². The SMILES string of the molecule is CC/C=C\C/C=C\C/C=C\C/C=C\C/C=C\C/C=C\CCCCCCCCCCCCCCCCC(=O)NC(COP(=O)([O-])OCC[N+](C)(C)C)C(O)CCCCCCCCCC. The van der Waals surface area contributed by atoms with Crippen molar-refractivity contribution in [2.45, 2.75) is 225 Å². The number of rotatable bonds is 46. The maximum Gasteiger partial charge on any atom is 0.268 e. The summed E-state index contributed by atoms with van der Waals surface area (Å²) in [6, 6.07) is -0.801. The van der Waals surface area contributed by atoms with Crippen molar-refractivity contribution in [1.82, 2.24) is 5.32 Å². The van der Waals surface area contributed by atoms with Crippen molar-refractivity contribution in [3.63, 3.8) is 0 Å². The number of allylic oxidation sites excluding steroid dienone is 12. The highest BCUT2D eigenvalue weighted by atomic mass is 31.2. The molecule has 0 saturated carbocycles. The third-order valence-corrected chi connectivity index (χ3v) is 12.2. The molecule has 0 bridgehead atoms. The topological polar surface area (TPSA) is 108 Å². The number of carbonyl (C=O) groups excluding carboxylic acids is 1. The van der Waals surface area contributed by atoms with Gasteiger partial charge in [0.05, 0.1) is 39.9 Å². The first kappa shape index (κ1) is 60.9. The molecule has 9 heteroatoms. The molecule has 0 radical (unpaired) electrons. The minimum Gasteiger partial charge on any atom is -0.756 e. The fraction of sp³-hybridized carbons (Fsp3) is 0.759. The molecule has 0 aliphatic carbocycles. The summed E-state index contributed by atoms with van der Waals surface area (Å²) in [7, 11) is 1.30. The van der Waals surface area contributed by atoms with E-state index in [1.54, 1.807) is 0 Å². The van der Waals surface area contributed by atoms with E-state index in [-0.39, 0.29) is 19.1 Å². The number of unbranched alkanes of at least 4 members (excludes halogenated alkanes) is 21. The zero-order chi connectivity index (χ0) is 46.4. The number of nitrogens with zero attached hydrogens (tertiary/aromatic N) is 1. The van der Waals surface area contributed by atoms with Crippen LogP contribution in [0.3, 0.4) is 0 Å². The number of aliphatic hydroxyl groups is 1. The molecule has 366 valence electrons. The van der Waals surface area contributed by atoms with Crippen LogP contribution in [0.25, 0.3) is 0 Å². The molecule has 0 spiro atoms. The largest absolute Gasteiger partial charge is 0.756 e. The van der Waals surface area contributed by atoms with Crippen LogP contribution in [0, 0.1) is 0 Å². The summed E-state index contributed by atoms with van der Waals surface area (Å²) >= 11 is 0. The molecule has 3 unspecified atom stereocenters. The lowest BCUT2D eigenvalue weighted by molar-refractivity contribution is -0.870. The van der Waals surface area contributed by atoms with Crippen LogP contribution in [0.1, 0.15) is 213 Å². The van der Waals surface area contributed by atoms with Gasteiger partial charge in [0.25, 0.3) is 7.82 Å². The van der Waals surface area contributed by atoms with Crippen LogP contribution in [0.5, 0.6) is 0 Å². The van der Waals surface area contributed by atoms with Gasteiger partial charge in [-0.2, -0.15) is 0 Å². The van der Waals surface area contributed by atoms with E-state index in [4.69, 9.17) is 9.05 Å². The quantitative estimate of drug-likeness (QED) is 0.0273. The predicted molar refractivity (Wildman–Crippen MR) is 270 cm³/mol. The summed E-state index contributed by atoms with van der Waals surface area (Å²) in [4.78, 5) is 25.3. The molecule has 0 aromatic carbocycles. The molecule has 0 heterocycles. The molecule has 8 nitrogen and oxygen atoms in total. The van der Waals surface area contributed by atoms with Gasteiger partial charge in [0.15, 0.2) is 0 Å². The molecule has 1 amide bonds. The molecule has 0 aromatic heterocycles. The smallest absolute Gasteiger partial charge is 0.268 e. The average molecular weight is 903 g/mol. The van der Waals surface area contributed by atoms with E-state index in [0.29, 0.717) is 23.9 Å². The first-order valence-corrected chi connectivity index (χ1v) is 27.2. The average Bonchev–Trinajstić information content (AvgIpc) is 3.24. The molecule has 63 heavy (non-hydrogen) atoms. The Kier molecular flexibility index (Phi) is 43.6. The molecule has 3 atom stereocenters. The van der Waals surface area contributed by atoms with E-state index >= 15 is 0 Å². The zero-order valence-electron chi connectivity index (χ0n) is 41.5. The molecule has 0 rings (SSSR count). The van der Waals surface area contributed by atoms with E-state index in [9.17, 15) is 19.4 Å². The second kappa shape index (κ2) is 45.1. The van der Waals surface area contributed by atoms with Gasteiger partial charge in [-0.3, -0.25) is 9.36 Å². The van der Waals surface area contributed by atoms with Crippen molar-refractivity contribution >= 4 is 13.7 Å². The molecule has 0 fully saturated rings. The van der Waals surface area contributed by atoms with Gasteiger partial charge < -0.3 is 28.8 Å². The van der Waals surface area contributed by atoms with Gasteiger partial charge in [-0.25, -0.2) is 0 Å². The molecule has 2 N–H and O–H groups in total. The van der Waals surface area contributed by atoms with Crippen LogP contribution in [-0.4, -0.2) is 68.5 Å². The van der Waals surface area contributed by atoms with Gasteiger partial charge in [-0.05, 0) is 64.2 Å². The Morgan fingerprint density at radius 3 is 1.41 bits per heavy atom.